The number of hydrogen-bond acceptors (Lipinski definition) is 5. The molecule has 7 heteroatoms. The molecule has 7 nitrogen and oxygen atoms in total. The van der Waals surface area contributed by atoms with Crippen LogP contribution < -0.4 is 0 Å². The first-order valence-corrected chi connectivity index (χ1v) is 6.00. The number of ether oxygens (including phenoxy) is 1. The average Bonchev–Trinajstić information content (AvgIpc) is 2.61. The fourth-order valence-corrected chi connectivity index (χ4v) is 2.01. The first-order chi connectivity index (χ1) is 8.20. The first kappa shape index (κ1) is 14.7. The fourth-order valence-electron chi connectivity index (χ4n) is 2.01. The van der Waals surface area contributed by atoms with E-state index in [1.807, 2.05) is 0 Å². The highest BCUT2D eigenvalue weighted by atomic mass is 16.6. The number of likely N-dealkylation sites (tertiary alicyclic amines) is 1. The zero-order valence-corrected chi connectivity index (χ0v) is 11.0. The van der Waals surface area contributed by atoms with Crippen LogP contribution in [0.4, 0.5) is 4.79 Å². The molecule has 0 unspecified atom stereocenters. The Bertz CT molecular complexity index is 326. The van der Waals surface area contributed by atoms with Crippen molar-refractivity contribution >= 4 is 6.09 Å². The Morgan fingerprint density at radius 2 is 2.22 bits per heavy atom. The molecule has 104 valence electrons. The molecule has 0 radical (unpaired) electrons. The van der Waals surface area contributed by atoms with E-state index in [4.69, 9.17) is 4.74 Å². The molecule has 1 aliphatic rings. The molecular weight excluding hydrogens is 240 g/mol. The Morgan fingerprint density at radius 3 is 2.72 bits per heavy atom. The average molecular weight is 260 g/mol. The molecule has 0 spiro atoms. The highest BCUT2D eigenvalue weighted by Gasteiger charge is 2.38. The monoisotopic (exact) mass is 260 g/mol. The van der Waals surface area contributed by atoms with Crippen LogP contribution in [0.25, 0.3) is 0 Å². The number of aliphatic hydroxyl groups is 1. The van der Waals surface area contributed by atoms with Crippen molar-refractivity contribution in [3.63, 3.8) is 0 Å². The minimum Gasteiger partial charge on any atom is -0.444 e. The van der Waals surface area contributed by atoms with Crippen molar-refractivity contribution in [1.29, 1.82) is 0 Å². The van der Waals surface area contributed by atoms with Gasteiger partial charge in [0.05, 0.1) is 6.04 Å². The molecule has 2 atom stereocenters. The summed E-state index contributed by atoms with van der Waals surface area (Å²) in [7, 11) is 0. The van der Waals surface area contributed by atoms with Crippen LogP contribution in [0.15, 0.2) is 0 Å². The van der Waals surface area contributed by atoms with Crippen molar-refractivity contribution in [1.82, 2.24) is 4.90 Å². The quantitative estimate of drug-likeness (QED) is 0.604. The van der Waals surface area contributed by atoms with Gasteiger partial charge < -0.3 is 14.7 Å². The van der Waals surface area contributed by atoms with Gasteiger partial charge in [-0.15, -0.1) is 0 Å². The van der Waals surface area contributed by atoms with Gasteiger partial charge in [-0.1, -0.05) is 0 Å². The maximum absolute atomic E-state index is 11.9. The van der Waals surface area contributed by atoms with Crippen molar-refractivity contribution in [2.45, 2.75) is 51.4 Å². The van der Waals surface area contributed by atoms with Gasteiger partial charge in [0.25, 0.3) is 0 Å². The minimum absolute atomic E-state index is 0.467. The lowest BCUT2D eigenvalue weighted by Gasteiger charge is -2.29. The maximum Gasteiger partial charge on any atom is 0.410 e. The van der Waals surface area contributed by atoms with Crippen molar-refractivity contribution in [2.75, 3.05) is 13.1 Å². The summed E-state index contributed by atoms with van der Waals surface area (Å²) in [6.45, 7) is 5.18. The summed E-state index contributed by atoms with van der Waals surface area (Å²) in [5.41, 5.74) is -0.613. The van der Waals surface area contributed by atoms with E-state index in [1.165, 1.54) is 4.90 Å². The first-order valence-electron chi connectivity index (χ1n) is 6.00. The Kier molecular flexibility index (Phi) is 4.50. The van der Waals surface area contributed by atoms with E-state index in [0.29, 0.717) is 13.0 Å². The predicted molar refractivity (Wildman–Crippen MR) is 63.8 cm³/mol. The van der Waals surface area contributed by atoms with Crippen LogP contribution in [0.3, 0.4) is 0 Å². The summed E-state index contributed by atoms with van der Waals surface area (Å²) in [5.74, 6) is 0. The lowest BCUT2D eigenvalue weighted by atomic mass is 10.1. The second kappa shape index (κ2) is 5.51. The van der Waals surface area contributed by atoms with E-state index in [-0.39, 0.29) is 0 Å². The van der Waals surface area contributed by atoms with E-state index in [1.54, 1.807) is 20.8 Å². The summed E-state index contributed by atoms with van der Waals surface area (Å²) in [6.07, 6.45) is -0.380. The molecule has 1 amide bonds. The van der Waals surface area contributed by atoms with E-state index in [0.717, 1.165) is 6.42 Å². The number of aliphatic hydroxyl groups excluding tert-OH is 1. The molecule has 0 bridgehead atoms. The number of carbonyl (C=O) groups excluding carboxylic acids is 1. The van der Waals surface area contributed by atoms with Crippen LogP contribution in [0, 0.1) is 10.1 Å². The van der Waals surface area contributed by atoms with Gasteiger partial charge in [0.1, 0.15) is 11.7 Å². The number of amides is 1. The number of hydrogen-bond donors (Lipinski definition) is 1. The molecule has 1 fully saturated rings. The van der Waals surface area contributed by atoms with Crippen molar-refractivity contribution < 1.29 is 19.6 Å². The molecule has 0 aromatic rings. The molecule has 1 heterocycles. The van der Waals surface area contributed by atoms with Crippen molar-refractivity contribution in [2.24, 2.45) is 0 Å². The largest absolute Gasteiger partial charge is 0.444 e. The van der Waals surface area contributed by atoms with E-state index in [2.05, 4.69) is 0 Å². The van der Waals surface area contributed by atoms with Gasteiger partial charge in [-0.3, -0.25) is 10.1 Å². The maximum atomic E-state index is 11.9. The molecule has 0 aliphatic carbocycles. The normalized spacial score (nSPS) is 21.8. The molecule has 1 N–H and O–H groups in total. The fraction of sp³-hybridized carbons (Fsp3) is 0.909. The Labute approximate surface area is 106 Å². The second-order valence-corrected chi connectivity index (χ2v) is 5.47. The van der Waals surface area contributed by atoms with Crippen LogP contribution in [-0.2, 0) is 4.74 Å². The van der Waals surface area contributed by atoms with Crippen LogP contribution in [-0.4, -0.2) is 51.9 Å². The summed E-state index contributed by atoms with van der Waals surface area (Å²) in [4.78, 5) is 23.1. The topological polar surface area (TPSA) is 92.9 Å². The molecule has 18 heavy (non-hydrogen) atoms. The third-order valence-corrected chi connectivity index (χ3v) is 2.71. The molecule has 0 saturated carbocycles. The summed E-state index contributed by atoms with van der Waals surface area (Å²) < 4.78 is 5.21. The number of nitro groups is 1. The van der Waals surface area contributed by atoms with E-state index < -0.39 is 35.3 Å². The standard InChI is InChI=1S/C11H20N2O5/c1-11(2,3)18-10(15)12-6-4-5-8(12)9(14)7-13(16)17/h8-9,14H,4-7H2,1-3H3/t8-,9+/m0/s1. The second-order valence-electron chi connectivity index (χ2n) is 5.47. The Hall–Kier alpha value is -1.37. The Balaban J connectivity index is 2.64. The summed E-state index contributed by atoms with van der Waals surface area (Å²) in [6, 6.07) is -0.523. The van der Waals surface area contributed by atoms with Crippen LogP contribution >= 0.6 is 0 Å². The van der Waals surface area contributed by atoms with Crippen molar-refractivity contribution in [3.05, 3.63) is 10.1 Å². The predicted octanol–water partition coefficient (Wildman–Crippen LogP) is 1.02. The van der Waals surface area contributed by atoms with Crippen molar-refractivity contribution in [3.8, 4) is 0 Å². The third kappa shape index (κ3) is 4.14. The zero-order chi connectivity index (χ0) is 13.9. The summed E-state index contributed by atoms with van der Waals surface area (Å²) >= 11 is 0. The van der Waals surface area contributed by atoms with Gasteiger partial charge in [0.15, 0.2) is 0 Å². The third-order valence-electron chi connectivity index (χ3n) is 2.71. The zero-order valence-electron chi connectivity index (χ0n) is 11.0. The van der Waals surface area contributed by atoms with Gasteiger partial charge in [0.2, 0.25) is 6.54 Å². The van der Waals surface area contributed by atoms with Crippen LogP contribution in [0.5, 0.6) is 0 Å². The van der Waals surface area contributed by atoms with Gasteiger partial charge >= 0.3 is 6.09 Å². The van der Waals surface area contributed by atoms with E-state index in [9.17, 15) is 20.0 Å². The molecule has 1 aliphatic heterocycles. The lowest BCUT2D eigenvalue weighted by Crippen LogP contribution is -2.47. The SMILES string of the molecule is CC(C)(C)OC(=O)N1CCC[C@H]1[C@H](O)C[N+](=O)[O-]. The molecule has 0 aromatic heterocycles. The minimum atomic E-state index is -1.14. The summed E-state index contributed by atoms with van der Waals surface area (Å²) in [5, 5.41) is 20.1. The van der Waals surface area contributed by atoms with Crippen LogP contribution in [0.1, 0.15) is 33.6 Å². The lowest BCUT2D eigenvalue weighted by molar-refractivity contribution is -0.491. The molecule has 0 aromatic carbocycles. The molecule has 1 rings (SSSR count). The molecule has 1 saturated heterocycles. The van der Waals surface area contributed by atoms with Crippen LogP contribution in [0.2, 0.25) is 0 Å². The Morgan fingerprint density at radius 1 is 1.61 bits per heavy atom. The van der Waals surface area contributed by atoms with Gasteiger partial charge in [-0.05, 0) is 33.6 Å². The van der Waals surface area contributed by atoms with E-state index >= 15 is 0 Å². The highest BCUT2D eigenvalue weighted by molar-refractivity contribution is 5.69. The van der Waals surface area contributed by atoms with Gasteiger partial charge in [-0.2, -0.15) is 0 Å². The molecular formula is C11H20N2O5. The number of carbonyl (C=O) groups is 1. The smallest absolute Gasteiger partial charge is 0.410 e. The number of nitrogens with zero attached hydrogens (tertiary/aromatic N) is 2. The van der Waals surface area contributed by atoms with Gasteiger partial charge in [0, 0.05) is 11.5 Å². The van der Waals surface area contributed by atoms with Gasteiger partial charge in [-0.25, -0.2) is 4.79 Å². The highest BCUT2D eigenvalue weighted by Crippen LogP contribution is 2.23. The number of rotatable bonds is 3.